The maximum atomic E-state index is 4.42. The zero-order valence-electron chi connectivity index (χ0n) is 26.8. The van der Waals surface area contributed by atoms with Crippen molar-refractivity contribution in [1.82, 2.24) is 0 Å². The van der Waals surface area contributed by atoms with Crippen molar-refractivity contribution < 1.29 is 0 Å². The highest BCUT2D eigenvalue weighted by Crippen LogP contribution is 2.27. The Hall–Kier alpha value is -3.38. The molecule has 0 N–H and O–H groups in total. The van der Waals surface area contributed by atoms with E-state index >= 15 is 0 Å². The van der Waals surface area contributed by atoms with Crippen molar-refractivity contribution in [2.24, 2.45) is 11.8 Å². The van der Waals surface area contributed by atoms with E-state index in [0.717, 1.165) is 24.8 Å². The Morgan fingerprint density at radius 1 is 0.875 bits per heavy atom. The number of benzene rings is 1. The van der Waals surface area contributed by atoms with Crippen LogP contribution in [0.3, 0.4) is 0 Å². The fourth-order valence-corrected chi connectivity index (χ4v) is 3.87. The van der Waals surface area contributed by atoms with Gasteiger partial charge in [-0.15, -0.1) is 0 Å². The van der Waals surface area contributed by atoms with Crippen molar-refractivity contribution in [3.63, 3.8) is 0 Å². The zero-order chi connectivity index (χ0) is 30.2. The molecule has 0 fully saturated rings. The molecule has 0 aliphatic heterocycles. The third kappa shape index (κ3) is 15.9. The predicted molar refractivity (Wildman–Crippen MR) is 186 cm³/mol. The van der Waals surface area contributed by atoms with Crippen LogP contribution in [0.5, 0.6) is 0 Å². The maximum absolute atomic E-state index is 4.42. The Morgan fingerprint density at radius 2 is 1.55 bits per heavy atom. The normalized spacial score (nSPS) is 15.1. The van der Waals surface area contributed by atoms with Crippen LogP contribution in [-0.2, 0) is 6.42 Å². The van der Waals surface area contributed by atoms with Crippen LogP contribution in [0.4, 0.5) is 0 Å². The molecular formula is C40H56. The van der Waals surface area contributed by atoms with Crippen LogP contribution in [0, 0.1) is 11.8 Å². The number of allylic oxidation sites excluding steroid dienone is 18. The molecule has 0 heterocycles. The molecule has 2 rings (SSSR count). The minimum absolute atomic E-state index is 0.263. The van der Waals surface area contributed by atoms with Gasteiger partial charge < -0.3 is 0 Å². The van der Waals surface area contributed by atoms with E-state index in [1.165, 1.54) is 34.3 Å². The van der Waals surface area contributed by atoms with Crippen molar-refractivity contribution in [1.29, 1.82) is 0 Å². The van der Waals surface area contributed by atoms with Gasteiger partial charge in [-0.2, -0.15) is 0 Å². The first kappa shape index (κ1) is 36.6. The molecule has 216 valence electrons. The molecule has 1 aromatic carbocycles. The van der Waals surface area contributed by atoms with E-state index in [1.54, 1.807) is 6.08 Å². The number of hydrogen-bond acceptors (Lipinski definition) is 0. The smallest absolute Gasteiger partial charge is 0.00130 e. The molecule has 1 aromatic rings. The summed E-state index contributed by atoms with van der Waals surface area (Å²) in [7, 11) is 0. The van der Waals surface area contributed by atoms with Crippen molar-refractivity contribution >= 4 is 5.57 Å². The molecule has 1 aliphatic rings. The molecule has 40 heavy (non-hydrogen) atoms. The summed E-state index contributed by atoms with van der Waals surface area (Å²) in [6.07, 6.45) is 34.4. The van der Waals surface area contributed by atoms with E-state index in [0.29, 0.717) is 5.92 Å². The SMILES string of the molecule is C=C/C=C\C=C/Cc1ccc(C(/C=C(\C)C2=CC=CCCC2)=C/C(=C)C(C)/C=C\C=C/C(C)C)cc1.CC.CC. The van der Waals surface area contributed by atoms with E-state index in [4.69, 9.17) is 0 Å². The predicted octanol–water partition coefficient (Wildman–Crippen LogP) is 12.5. The van der Waals surface area contributed by atoms with E-state index in [2.05, 4.69) is 132 Å². The third-order valence-electron chi connectivity index (χ3n) is 6.20. The van der Waals surface area contributed by atoms with Crippen LogP contribution >= 0.6 is 0 Å². The third-order valence-corrected chi connectivity index (χ3v) is 6.20. The highest BCUT2D eigenvalue weighted by Gasteiger charge is 2.08. The van der Waals surface area contributed by atoms with Crippen molar-refractivity contribution in [3.8, 4) is 0 Å². The monoisotopic (exact) mass is 536 g/mol. The second-order valence-corrected chi connectivity index (χ2v) is 9.77. The van der Waals surface area contributed by atoms with Crippen LogP contribution in [0.1, 0.15) is 85.8 Å². The van der Waals surface area contributed by atoms with Crippen molar-refractivity contribution in [3.05, 3.63) is 150 Å². The van der Waals surface area contributed by atoms with Gasteiger partial charge in [0.15, 0.2) is 0 Å². The standard InChI is InChI=1S/C36H44.2C2H6/c1-7-8-9-10-13-20-33-23-25-35(26-24-33)36(28-32(6)34-21-14-11-12-15-22-34)27-31(5)30(4)19-17-16-18-29(2)3;2*1-2/h7-11,13-14,16-19,21,23-30H,1,5,12,15,20,22H2,2-4,6H3;2*1-2H3/b9-8-,13-10-,18-16-,19-17-,32-28+,36-27+;;. The molecule has 1 atom stereocenters. The molecule has 1 unspecified atom stereocenters. The summed E-state index contributed by atoms with van der Waals surface area (Å²) >= 11 is 0. The van der Waals surface area contributed by atoms with Gasteiger partial charge in [0.05, 0.1) is 0 Å². The summed E-state index contributed by atoms with van der Waals surface area (Å²) in [4.78, 5) is 0. The van der Waals surface area contributed by atoms with Gasteiger partial charge in [0, 0.05) is 0 Å². The molecule has 0 nitrogen and oxygen atoms in total. The Balaban J connectivity index is 0.00000363. The quantitative estimate of drug-likeness (QED) is 0.233. The topological polar surface area (TPSA) is 0 Å². The van der Waals surface area contributed by atoms with E-state index in [1.807, 2.05) is 39.8 Å². The minimum atomic E-state index is 0.263. The molecular weight excluding hydrogens is 480 g/mol. The Labute approximate surface area is 248 Å². The Bertz CT molecular complexity index is 1090. The number of hydrogen-bond donors (Lipinski definition) is 0. The van der Waals surface area contributed by atoms with E-state index < -0.39 is 0 Å². The summed E-state index contributed by atoms with van der Waals surface area (Å²) in [6.45, 7) is 25.0. The summed E-state index contributed by atoms with van der Waals surface area (Å²) in [5.41, 5.74) is 7.58. The highest BCUT2D eigenvalue weighted by molar-refractivity contribution is 5.77. The largest absolute Gasteiger partial charge is 0.0991 e. The maximum Gasteiger partial charge on any atom is -0.00130 e. The molecule has 0 spiro atoms. The second-order valence-electron chi connectivity index (χ2n) is 9.77. The lowest BCUT2D eigenvalue weighted by Gasteiger charge is -2.12. The van der Waals surface area contributed by atoms with Crippen LogP contribution in [0.2, 0.25) is 0 Å². The fraction of sp³-hybridized carbons (Fsp3) is 0.350. The lowest BCUT2D eigenvalue weighted by atomic mass is 9.93. The van der Waals surface area contributed by atoms with Crippen molar-refractivity contribution in [2.45, 2.75) is 81.1 Å². The van der Waals surface area contributed by atoms with Gasteiger partial charge >= 0.3 is 0 Å². The zero-order valence-corrected chi connectivity index (χ0v) is 26.8. The van der Waals surface area contributed by atoms with Crippen molar-refractivity contribution in [2.75, 3.05) is 0 Å². The highest BCUT2D eigenvalue weighted by atomic mass is 14.1. The molecule has 0 heteroatoms. The summed E-state index contributed by atoms with van der Waals surface area (Å²) in [5, 5.41) is 0. The Kier molecular flexibility index (Phi) is 21.5. The van der Waals surface area contributed by atoms with Crippen LogP contribution in [-0.4, -0.2) is 0 Å². The van der Waals surface area contributed by atoms with Crippen LogP contribution < -0.4 is 0 Å². The second kappa shape index (κ2) is 23.5. The molecule has 0 amide bonds. The first-order valence-electron chi connectivity index (χ1n) is 15.2. The van der Waals surface area contributed by atoms with Crippen LogP contribution in [0.15, 0.2) is 139 Å². The van der Waals surface area contributed by atoms with Gasteiger partial charge in [0.25, 0.3) is 0 Å². The summed E-state index contributed by atoms with van der Waals surface area (Å²) in [5.74, 6) is 0.821. The summed E-state index contributed by atoms with van der Waals surface area (Å²) < 4.78 is 0. The van der Waals surface area contributed by atoms with Gasteiger partial charge in [0.1, 0.15) is 0 Å². The molecule has 0 saturated carbocycles. The molecule has 0 bridgehead atoms. The van der Waals surface area contributed by atoms with E-state index in [-0.39, 0.29) is 5.92 Å². The average molecular weight is 537 g/mol. The molecule has 1 aliphatic carbocycles. The van der Waals surface area contributed by atoms with Gasteiger partial charge in [-0.3, -0.25) is 0 Å². The fourth-order valence-electron chi connectivity index (χ4n) is 3.87. The molecule has 0 aromatic heterocycles. The Morgan fingerprint density at radius 3 is 2.20 bits per heavy atom. The van der Waals surface area contributed by atoms with Gasteiger partial charge in [0.2, 0.25) is 0 Å². The minimum Gasteiger partial charge on any atom is -0.0991 e. The van der Waals surface area contributed by atoms with Gasteiger partial charge in [-0.05, 0) is 77.9 Å². The molecule has 0 radical (unpaired) electrons. The first-order valence-corrected chi connectivity index (χ1v) is 15.2. The lowest BCUT2D eigenvalue weighted by Crippen LogP contribution is -1.94. The van der Waals surface area contributed by atoms with Gasteiger partial charge in [-0.1, -0.05) is 171 Å². The lowest BCUT2D eigenvalue weighted by molar-refractivity contribution is 0.831. The van der Waals surface area contributed by atoms with Gasteiger partial charge in [-0.25, -0.2) is 0 Å². The van der Waals surface area contributed by atoms with E-state index in [9.17, 15) is 0 Å². The number of rotatable bonds is 12. The summed E-state index contributed by atoms with van der Waals surface area (Å²) in [6, 6.07) is 8.92. The van der Waals surface area contributed by atoms with Crippen LogP contribution in [0.25, 0.3) is 5.57 Å². The average Bonchev–Trinajstić information content (AvgIpc) is 3.27. The first-order chi connectivity index (χ1) is 19.4. The molecule has 0 saturated heterocycles.